The Morgan fingerprint density at radius 1 is 0.640 bits per heavy atom. The van der Waals surface area contributed by atoms with Gasteiger partial charge in [-0.15, -0.1) is 11.3 Å². The maximum Gasteiger partial charge on any atom is 0.117 e. The van der Waals surface area contributed by atoms with Crippen LogP contribution in [0.3, 0.4) is 0 Å². The van der Waals surface area contributed by atoms with Crippen LogP contribution in [0.15, 0.2) is 103 Å². The smallest absolute Gasteiger partial charge is 0.117 e. The Labute approximate surface area is 152 Å². The SMILES string of the molecule is C(c1nccs1)=P(c1ccccc1)(c1ccccc1)c1ccccc1. The summed E-state index contributed by atoms with van der Waals surface area (Å²) < 4.78 is 0. The lowest BCUT2D eigenvalue weighted by Gasteiger charge is -2.28. The van der Waals surface area contributed by atoms with Crippen molar-refractivity contribution in [2.75, 3.05) is 0 Å². The van der Waals surface area contributed by atoms with Crippen LogP contribution >= 0.6 is 18.2 Å². The molecule has 3 heteroatoms. The van der Waals surface area contributed by atoms with Crippen LogP contribution < -0.4 is 15.9 Å². The Bertz CT molecular complexity index is 875. The Kier molecular flexibility index (Phi) is 4.65. The molecule has 4 rings (SSSR count). The van der Waals surface area contributed by atoms with E-state index in [-0.39, 0.29) is 0 Å². The molecule has 122 valence electrons. The van der Waals surface area contributed by atoms with Crippen molar-refractivity contribution in [2.24, 2.45) is 0 Å². The fraction of sp³-hybridized carbons (Fsp3) is 0. The van der Waals surface area contributed by atoms with Crippen LogP contribution in [-0.4, -0.2) is 10.8 Å². The molecule has 1 nitrogen and oxygen atoms in total. The summed E-state index contributed by atoms with van der Waals surface area (Å²) in [5, 5.41) is 7.17. The number of rotatable bonds is 4. The van der Waals surface area contributed by atoms with Crippen molar-refractivity contribution >= 4 is 39.9 Å². The summed E-state index contributed by atoms with van der Waals surface area (Å²) >= 11 is 1.69. The monoisotopic (exact) mass is 359 g/mol. The highest BCUT2D eigenvalue weighted by molar-refractivity contribution is 7.94. The number of aromatic nitrogens is 1. The molecule has 0 spiro atoms. The molecule has 0 N–H and O–H groups in total. The zero-order valence-corrected chi connectivity index (χ0v) is 15.4. The van der Waals surface area contributed by atoms with E-state index in [1.54, 1.807) is 11.3 Å². The first-order valence-corrected chi connectivity index (χ1v) is 10.9. The van der Waals surface area contributed by atoms with E-state index in [4.69, 9.17) is 0 Å². The lowest BCUT2D eigenvalue weighted by atomic mass is 10.4. The summed E-state index contributed by atoms with van der Waals surface area (Å²) in [5.41, 5.74) is 0. The maximum absolute atomic E-state index is 4.57. The van der Waals surface area contributed by atoms with Gasteiger partial charge in [-0.3, -0.25) is 0 Å². The summed E-state index contributed by atoms with van der Waals surface area (Å²) in [6.07, 6.45) is 1.88. The summed E-state index contributed by atoms with van der Waals surface area (Å²) in [4.78, 5) is 4.57. The molecule has 1 aromatic heterocycles. The van der Waals surface area contributed by atoms with Crippen LogP contribution in [0, 0.1) is 0 Å². The van der Waals surface area contributed by atoms with Crippen molar-refractivity contribution in [3.63, 3.8) is 0 Å². The Hall–Kier alpha value is -2.41. The summed E-state index contributed by atoms with van der Waals surface area (Å²) in [5.74, 6) is 2.40. The number of benzene rings is 3. The lowest BCUT2D eigenvalue weighted by Crippen LogP contribution is -2.27. The minimum absolute atomic E-state index is 1.07. The molecular weight excluding hydrogens is 341 g/mol. The highest BCUT2D eigenvalue weighted by Gasteiger charge is 2.25. The molecule has 3 aromatic carbocycles. The molecule has 0 bridgehead atoms. The van der Waals surface area contributed by atoms with Gasteiger partial charge in [0.05, 0.1) is 0 Å². The minimum Gasteiger partial charge on any atom is -0.245 e. The molecule has 1 heterocycles. The van der Waals surface area contributed by atoms with E-state index >= 15 is 0 Å². The van der Waals surface area contributed by atoms with Gasteiger partial charge in [0.1, 0.15) is 5.01 Å². The van der Waals surface area contributed by atoms with Gasteiger partial charge >= 0.3 is 0 Å². The minimum atomic E-state index is -1.92. The van der Waals surface area contributed by atoms with Gasteiger partial charge in [0, 0.05) is 11.6 Å². The molecule has 0 unspecified atom stereocenters. The Morgan fingerprint density at radius 2 is 1.08 bits per heavy atom. The molecule has 0 fully saturated rings. The third-order valence-electron chi connectivity index (χ3n) is 4.25. The number of hydrogen-bond donors (Lipinski definition) is 0. The Balaban J connectivity index is 2.13. The van der Waals surface area contributed by atoms with Crippen molar-refractivity contribution in [3.8, 4) is 0 Å². The maximum atomic E-state index is 4.57. The normalized spacial score (nSPS) is 11.2. The van der Waals surface area contributed by atoms with E-state index in [0.29, 0.717) is 0 Å². The molecule has 0 aliphatic heterocycles. The largest absolute Gasteiger partial charge is 0.245 e. The molecule has 0 aliphatic rings. The average molecular weight is 359 g/mol. The van der Waals surface area contributed by atoms with Crippen LogP contribution in [0.25, 0.3) is 0 Å². The fourth-order valence-electron chi connectivity index (χ4n) is 3.12. The predicted octanol–water partition coefficient (Wildman–Crippen LogP) is 4.29. The standard InChI is InChI=1S/C22H18NPS/c1-4-10-19(11-5-1)24(18-22-23-16-17-25-22,20-12-6-2-7-13-20)21-14-8-3-9-15-21/h1-18H. The molecule has 25 heavy (non-hydrogen) atoms. The van der Waals surface area contributed by atoms with E-state index in [2.05, 4.69) is 102 Å². The van der Waals surface area contributed by atoms with E-state index in [9.17, 15) is 0 Å². The van der Waals surface area contributed by atoms with E-state index in [1.807, 2.05) is 11.6 Å². The first kappa shape index (κ1) is 16.1. The number of nitrogens with zero attached hydrogens (tertiary/aromatic N) is 1. The zero-order valence-electron chi connectivity index (χ0n) is 13.7. The highest BCUT2D eigenvalue weighted by Crippen LogP contribution is 2.44. The summed E-state index contributed by atoms with van der Waals surface area (Å²) in [7, 11) is 0. The van der Waals surface area contributed by atoms with Gasteiger partial charge in [0.15, 0.2) is 0 Å². The highest BCUT2D eigenvalue weighted by atomic mass is 32.1. The fourth-order valence-corrected chi connectivity index (χ4v) is 7.89. The number of thiazole rings is 1. The van der Waals surface area contributed by atoms with Gasteiger partial charge in [-0.05, 0) is 28.6 Å². The number of hydrogen-bond acceptors (Lipinski definition) is 2. The molecule has 0 aliphatic carbocycles. The van der Waals surface area contributed by atoms with Gasteiger partial charge < -0.3 is 0 Å². The van der Waals surface area contributed by atoms with Crippen molar-refractivity contribution in [2.45, 2.75) is 0 Å². The molecule has 0 atom stereocenters. The van der Waals surface area contributed by atoms with Gasteiger partial charge in [-0.1, -0.05) is 91.0 Å². The molecule has 0 saturated carbocycles. The van der Waals surface area contributed by atoms with Crippen LogP contribution in [0.2, 0.25) is 0 Å². The molecule has 0 saturated heterocycles. The summed E-state index contributed by atoms with van der Waals surface area (Å²) in [6, 6.07) is 32.5. The molecular formula is C22H18NPS. The van der Waals surface area contributed by atoms with E-state index in [0.717, 1.165) is 5.01 Å². The third-order valence-corrected chi connectivity index (χ3v) is 9.11. The van der Waals surface area contributed by atoms with Crippen LogP contribution in [-0.2, 0) is 0 Å². The Morgan fingerprint density at radius 3 is 1.44 bits per heavy atom. The van der Waals surface area contributed by atoms with Gasteiger partial charge in [0.25, 0.3) is 0 Å². The second-order valence-corrected chi connectivity index (χ2v) is 9.91. The summed E-state index contributed by atoms with van der Waals surface area (Å²) in [6.45, 7) is -1.92. The molecule has 0 radical (unpaired) electrons. The first-order chi connectivity index (χ1) is 12.4. The first-order valence-electron chi connectivity index (χ1n) is 8.20. The van der Waals surface area contributed by atoms with Crippen LogP contribution in [0.4, 0.5) is 0 Å². The van der Waals surface area contributed by atoms with Crippen molar-refractivity contribution in [3.05, 3.63) is 108 Å². The average Bonchev–Trinajstić information content (AvgIpc) is 3.21. The van der Waals surface area contributed by atoms with Crippen molar-refractivity contribution in [1.82, 2.24) is 4.98 Å². The predicted molar refractivity (Wildman–Crippen MR) is 112 cm³/mol. The van der Waals surface area contributed by atoms with Crippen molar-refractivity contribution in [1.29, 1.82) is 0 Å². The second kappa shape index (κ2) is 7.23. The van der Waals surface area contributed by atoms with Crippen LogP contribution in [0.1, 0.15) is 5.01 Å². The van der Waals surface area contributed by atoms with E-state index in [1.165, 1.54) is 15.9 Å². The lowest BCUT2D eigenvalue weighted by molar-refractivity contribution is 1.41. The third kappa shape index (κ3) is 3.11. The van der Waals surface area contributed by atoms with Crippen LogP contribution in [0.5, 0.6) is 0 Å². The zero-order chi connectivity index (χ0) is 17.0. The van der Waals surface area contributed by atoms with Crippen molar-refractivity contribution < 1.29 is 0 Å². The molecule has 0 amide bonds. The quantitative estimate of drug-likeness (QED) is 0.496. The topological polar surface area (TPSA) is 12.9 Å². The van der Waals surface area contributed by atoms with E-state index < -0.39 is 6.89 Å². The molecule has 4 aromatic rings. The van der Waals surface area contributed by atoms with Gasteiger partial charge in [0.2, 0.25) is 0 Å². The second-order valence-electron chi connectivity index (χ2n) is 5.73. The van der Waals surface area contributed by atoms with Gasteiger partial charge in [-0.2, -0.15) is 0 Å². The van der Waals surface area contributed by atoms with Gasteiger partial charge in [-0.25, -0.2) is 4.98 Å².